The van der Waals surface area contributed by atoms with Crippen LogP contribution in [0.4, 0.5) is 5.69 Å². The molecular formula is C22H25N3O5S. The molecule has 0 spiro atoms. The number of fused-ring (bicyclic) bond motifs is 1. The van der Waals surface area contributed by atoms with Crippen molar-refractivity contribution < 1.29 is 18.1 Å². The van der Waals surface area contributed by atoms with Crippen LogP contribution in [0, 0.1) is 23.0 Å². The topological polar surface area (TPSA) is 101 Å². The predicted octanol–water partition coefficient (Wildman–Crippen LogP) is 2.89. The number of nitro groups is 1. The van der Waals surface area contributed by atoms with E-state index in [0.717, 1.165) is 12.5 Å². The van der Waals surface area contributed by atoms with E-state index in [1.54, 1.807) is 6.92 Å². The Balaban J connectivity index is 1.42. The molecule has 0 aromatic heterocycles. The first kappa shape index (κ1) is 21.5. The molecular weight excluding hydrogens is 418 g/mol. The van der Waals surface area contributed by atoms with E-state index in [1.165, 1.54) is 27.6 Å². The van der Waals surface area contributed by atoms with Crippen LogP contribution in [-0.4, -0.2) is 48.1 Å². The molecule has 0 unspecified atom stereocenters. The second-order valence-electron chi connectivity index (χ2n) is 8.16. The Morgan fingerprint density at radius 1 is 1.06 bits per heavy atom. The predicted molar refractivity (Wildman–Crippen MR) is 115 cm³/mol. The van der Waals surface area contributed by atoms with Crippen LogP contribution in [0.3, 0.4) is 0 Å². The van der Waals surface area contributed by atoms with Gasteiger partial charge in [0, 0.05) is 43.7 Å². The summed E-state index contributed by atoms with van der Waals surface area (Å²) in [7, 11) is -3.84. The highest BCUT2D eigenvalue weighted by atomic mass is 32.2. The number of amides is 1. The van der Waals surface area contributed by atoms with E-state index in [-0.39, 0.29) is 35.5 Å². The number of sulfonamides is 1. The fourth-order valence-electron chi connectivity index (χ4n) is 4.38. The Kier molecular flexibility index (Phi) is 5.81. The van der Waals surface area contributed by atoms with Gasteiger partial charge in [0.15, 0.2) is 0 Å². The van der Waals surface area contributed by atoms with Crippen LogP contribution in [0.25, 0.3) is 0 Å². The lowest BCUT2D eigenvalue weighted by Gasteiger charge is -2.35. The molecule has 1 amide bonds. The Bertz CT molecular complexity index is 1120. The lowest BCUT2D eigenvalue weighted by molar-refractivity contribution is -0.385. The summed E-state index contributed by atoms with van der Waals surface area (Å²) in [5.74, 6) is -0.124. The molecule has 2 aromatic carbocycles. The lowest BCUT2D eigenvalue weighted by atomic mass is 9.94. The van der Waals surface area contributed by atoms with E-state index in [0.29, 0.717) is 31.5 Å². The summed E-state index contributed by atoms with van der Waals surface area (Å²) >= 11 is 0. The highest BCUT2D eigenvalue weighted by Gasteiger charge is 2.35. The van der Waals surface area contributed by atoms with E-state index in [2.05, 4.69) is 6.07 Å². The first-order chi connectivity index (χ1) is 14.8. The molecule has 2 aromatic rings. The Morgan fingerprint density at radius 3 is 2.42 bits per heavy atom. The highest BCUT2D eigenvalue weighted by Crippen LogP contribution is 2.29. The number of carbonyl (C=O) groups is 1. The third-order valence-electron chi connectivity index (χ3n) is 6.26. The first-order valence-corrected chi connectivity index (χ1v) is 11.8. The van der Waals surface area contributed by atoms with Crippen LogP contribution >= 0.6 is 0 Å². The van der Waals surface area contributed by atoms with Crippen LogP contribution < -0.4 is 0 Å². The van der Waals surface area contributed by atoms with Crippen molar-refractivity contribution in [3.63, 3.8) is 0 Å². The smallest absolute Gasteiger partial charge is 0.273 e. The zero-order valence-electron chi connectivity index (χ0n) is 17.4. The minimum absolute atomic E-state index is 0.0810. The van der Waals surface area contributed by atoms with Gasteiger partial charge in [0.05, 0.1) is 9.82 Å². The summed E-state index contributed by atoms with van der Waals surface area (Å²) in [6, 6.07) is 12.1. The monoisotopic (exact) mass is 443 g/mol. The van der Waals surface area contributed by atoms with Gasteiger partial charge in [0.2, 0.25) is 15.9 Å². The molecule has 0 saturated carbocycles. The van der Waals surface area contributed by atoms with E-state index < -0.39 is 14.9 Å². The number of piperidine rings is 1. The number of nitrogens with zero attached hydrogens (tertiary/aromatic N) is 3. The Morgan fingerprint density at radius 2 is 1.74 bits per heavy atom. The molecule has 1 fully saturated rings. The highest BCUT2D eigenvalue weighted by molar-refractivity contribution is 7.89. The maximum absolute atomic E-state index is 13.0. The van der Waals surface area contributed by atoms with Crippen LogP contribution in [0.2, 0.25) is 0 Å². The molecule has 0 aliphatic carbocycles. The fraction of sp³-hybridized carbons (Fsp3) is 0.409. The van der Waals surface area contributed by atoms with Crippen molar-refractivity contribution in [2.24, 2.45) is 5.92 Å². The van der Waals surface area contributed by atoms with Gasteiger partial charge >= 0.3 is 0 Å². The molecule has 2 aliphatic rings. The molecule has 164 valence electrons. The summed E-state index contributed by atoms with van der Waals surface area (Å²) in [6.07, 6.45) is 1.73. The maximum Gasteiger partial charge on any atom is 0.273 e. The van der Waals surface area contributed by atoms with Crippen molar-refractivity contribution in [1.82, 2.24) is 9.21 Å². The van der Waals surface area contributed by atoms with Crippen molar-refractivity contribution >= 4 is 21.6 Å². The third kappa shape index (κ3) is 4.20. The van der Waals surface area contributed by atoms with Gasteiger partial charge in [-0.15, -0.1) is 0 Å². The minimum Gasteiger partial charge on any atom is -0.338 e. The lowest BCUT2D eigenvalue weighted by Crippen LogP contribution is -2.45. The number of nitro benzene ring substituents is 1. The molecule has 0 radical (unpaired) electrons. The number of rotatable bonds is 4. The van der Waals surface area contributed by atoms with Crippen LogP contribution in [0.1, 0.15) is 29.5 Å². The molecule has 8 nitrogen and oxygen atoms in total. The van der Waals surface area contributed by atoms with Gasteiger partial charge in [-0.25, -0.2) is 8.42 Å². The van der Waals surface area contributed by atoms with Gasteiger partial charge in [-0.3, -0.25) is 14.9 Å². The molecule has 0 atom stereocenters. The van der Waals surface area contributed by atoms with Gasteiger partial charge in [0.1, 0.15) is 0 Å². The zero-order chi connectivity index (χ0) is 22.2. The fourth-order valence-corrected chi connectivity index (χ4v) is 5.87. The van der Waals surface area contributed by atoms with E-state index in [4.69, 9.17) is 0 Å². The van der Waals surface area contributed by atoms with Crippen molar-refractivity contribution in [2.45, 2.75) is 37.6 Å². The first-order valence-electron chi connectivity index (χ1n) is 10.4. The summed E-state index contributed by atoms with van der Waals surface area (Å²) in [6.45, 7) is 3.31. The van der Waals surface area contributed by atoms with E-state index >= 15 is 0 Å². The zero-order valence-corrected chi connectivity index (χ0v) is 18.2. The Labute approximate surface area is 181 Å². The normalized spacial score (nSPS) is 17.9. The molecule has 4 rings (SSSR count). The summed E-state index contributed by atoms with van der Waals surface area (Å²) in [4.78, 5) is 25.4. The standard InChI is InChI=1S/C22H25N3O5S/c1-16-6-7-20(14-21(16)25(27)28)31(29,30)24-12-9-18(10-13-24)22(26)23-11-8-17-4-2-3-5-19(17)15-23/h2-7,14,18H,8-13,15H2,1H3. The molecule has 2 aliphatic heterocycles. The molecule has 9 heteroatoms. The second-order valence-corrected chi connectivity index (χ2v) is 10.1. The van der Waals surface area contributed by atoms with Crippen LogP contribution in [-0.2, 0) is 27.8 Å². The SMILES string of the molecule is Cc1ccc(S(=O)(=O)N2CCC(C(=O)N3CCc4ccccc4C3)CC2)cc1[N+](=O)[O-]. The van der Waals surface area contributed by atoms with E-state index in [1.807, 2.05) is 23.1 Å². The van der Waals surface area contributed by atoms with Gasteiger partial charge in [0.25, 0.3) is 5.69 Å². The largest absolute Gasteiger partial charge is 0.338 e. The van der Waals surface area contributed by atoms with Gasteiger partial charge in [-0.2, -0.15) is 4.31 Å². The summed E-state index contributed by atoms with van der Waals surface area (Å²) in [5.41, 5.74) is 2.65. The average Bonchev–Trinajstić information content (AvgIpc) is 2.78. The molecule has 0 bridgehead atoms. The van der Waals surface area contributed by atoms with E-state index in [9.17, 15) is 23.3 Å². The molecule has 31 heavy (non-hydrogen) atoms. The van der Waals surface area contributed by atoms with Gasteiger partial charge in [-0.05, 0) is 43.4 Å². The maximum atomic E-state index is 13.0. The number of hydrogen-bond acceptors (Lipinski definition) is 5. The average molecular weight is 444 g/mol. The quantitative estimate of drug-likeness (QED) is 0.534. The Hall–Kier alpha value is -2.78. The minimum atomic E-state index is -3.84. The van der Waals surface area contributed by atoms with Gasteiger partial charge < -0.3 is 4.90 Å². The number of carbonyl (C=O) groups excluding carboxylic acids is 1. The molecule has 1 saturated heterocycles. The number of benzene rings is 2. The van der Waals surface area contributed by atoms with Crippen LogP contribution in [0.15, 0.2) is 47.4 Å². The second kappa shape index (κ2) is 8.39. The molecule has 2 heterocycles. The summed E-state index contributed by atoms with van der Waals surface area (Å²) < 4.78 is 27.3. The third-order valence-corrected chi connectivity index (χ3v) is 8.16. The summed E-state index contributed by atoms with van der Waals surface area (Å²) in [5, 5.41) is 11.2. The molecule has 0 N–H and O–H groups in total. The van der Waals surface area contributed by atoms with Gasteiger partial charge in [-0.1, -0.05) is 30.3 Å². The van der Waals surface area contributed by atoms with Crippen molar-refractivity contribution in [3.05, 3.63) is 69.3 Å². The number of aryl methyl sites for hydroxylation is 1. The number of hydrogen-bond donors (Lipinski definition) is 0. The van der Waals surface area contributed by atoms with Crippen molar-refractivity contribution in [3.8, 4) is 0 Å². The van der Waals surface area contributed by atoms with Crippen molar-refractivity contribution in [2.75, 3.05) is 19.6 Å². The van der Waals surface area contributed by atoms with Crippen LogP contribution in [0.5, 0.6) is 0 Å². The van der Waals surface area contributed by atoms with Crippen molar-refractivity contribution in [1.29, 1.82) is 0 Å².